The summed E-state index contributed by atoms with van der Waals surface area (Å²) < 4.78 is 0. The Kier molecular flexibility index (Phi) is 2.79. The van der Waals surface area contributed by atoms with Crippen molar-refractivity contribution in [1.29, 1.82) is 0 Å². The second-order valence-electron chi connectivity index (χ2n) is 4.89. The fraction of sp³-hybridized carbons (Fsp3) is 0.125. The highest BCUT2D eigenvalue weighted by Crippen LogP contribution is 2.17. The molecule has 0 heterocycles. The summed E-state index contributed by atoms with van der Waals surface area (Å²) in [6.07, 6.45) is 0. The van der Waals surface area contributed by atoms with Crippen LogP contribution in [0.15, 0.2) is 46.7 Å². The minimum absolute atomic E-state index is 0.598. The fourth-order valence-electron chi connectivity index (χ4n) is 2.51. The molecule has 2 aromatic carbocycles. The molecule has 0 aromatic heterocycles. The Bertz CT molecular complexity index is 841. The Morgan fingerprint density at radius 3 is 1.45 bits per heavy atom. The lowest BCUT2D eigenvalue weighted by atomic mass is 9.96. The minimum Gasteiger partial charge on any atom is -0.411 e. The van der Waals surface area contributed by atoms with E-state index in [2.05, 4.69) is 10.3 Å². The molecule has 2 aromatic rings. The molecule has 1 aliphatic carbocycles. The largest absolute Gasteiger partial charge is 0.411 e. The first-order valence-corrected chi connectivity index (χ1v) is 6.32. The molecule has 0 bridgehead atoms. The highest BCUT2D eigenvalue weighted by Gasteiger charge is 2.07. The van der Waals surface area contributed by atoms with E-state index in [1.54, 1.807) is 13.8 Å². The summed E-state index contributed by atoms with van der Waals surface area (Å²) in [5.41, 5.74) is 3.02. The zero-order valence-corrected chi connectivity index (χ0v) is 11.3. The van der Waals surface area contributed by atoms with Crippen molar-refractivity contribution in [2.75, 3.05) is 0 Å². The van der Waals surface area contributed by atoms with Crippen LogP contribution in [0, 0.1) is 20.9 Å². The number of nitrogens with zero attached hydrogens (tertiary/aromatic N) is 2. The lowest BCUT2D eigenvalue weighted by Gasteiger charge is -2.08. The molecule has 0 aliphatic heterocycles. The number of hydrogen-bond donors (Lipinski definition) is 2. The van der Waals surface area contributed by atoms with Crippen LogP contribution in [0.4, 0.5) is 0 Å². The van der Waals surface area contributed by atoms with Gasteiger partial charge in [0.2, 0.25) is 0 Å². The summed E-state index contributed by atoms with van der Waals surface area (Å²) in [6, 6.07) is 12.0. The van der Waals surface area contributed by atoms with Crippen LogP contribution in [-0.2, 0) is 0 Å². The standard InChI is InChI=1S/C16H14N2O2/c1-9(17-19)11-3-5-13-15(7-11)14-6-4-12(8-16(13)14)10(2)18-20/h3-8,19-20H,1-2H3/b17-9+,18-10+. The van der Waals surface area contributed by atoms with Gasteiger partial charge >= 0.3 is 0 Å². The maximum atomic E-state index is 8.84. The Labute approximate surface area is 115 Å². The summed E-state index contributed by atoms with van der Waals surface area (Å²) in [6.45, 7) is 3.54. The zero-order valence-electron chi connectivity index (χ0n) is 11.3. The van der Waals surface area contributed by atoms with Gasteiger partial charge in [0.15, 0.2) is 0 Å². The fourth-order valence-corrected chi connectivity index (χ4v) is 2.51. The van der Waals surface area contributed by atoms with Crippen molar-refractivity contribution in [2.45, 2.75) is 13.8 Å². The van der Waals surface area contributed by atoms with Gasteiger partial charge in [0.1, 0.15) is 0 Å². The van der Waals surface area contributed by atoms with E-state index in [4.69, 9.17) is 10.4 Å². The Hall–Kier alpha value is -2.62. The average molecular weight is 266 g/mol. The van der Waals surface area contributed by atoms with Gasteiger partial charge < -0.3 is 10.4 Å². The zero-order chi connectivity index (χ0) is 14.3. The Morgan fingerprint density at radius 2 is 1.10 bits per heavy atom. The first-order chi connectivity index (χ1) is 9.65. The van der Waals surface area contributed by atoms with E-state index in [9.17, 15) is 0 Å². The van der Waals surface area contributed by atoms with E-state index < -0.39 is 0 Å². The number of rotatable bonds is 2. The van der Waals surface area contributed by atoms with Gasteiger partial charge in [-0.3, -0.25) is 0 Å². The van der Waals surface area contributed by atoms with Gasteiger partial charge in [-0.2, -0.15) is 0 Å². The molecule has 3 rings (SSSR count). The van der Waals surface area contributed by atoms with E-state index in [1.165, 1.54) is 10.4 Å². The third-order valence-electron chi connectivity index (χ3n) is 3.76. The molecule has 2 N–H and O–H groups in total. The van der Waals surface area contributed by atoms with E-state index in [-0.39, 0.29) is 0 Å². The lowest BCUT2D eigenvalue weighted by molar-refractivity contribution is 0.319. The van der Waals surface area contributed by atoms with Gasteiger partial charge in [0, 0.05) is 0 Å². The molecule has 0 spiro atoms. The van der Waals surface area contributed by atoms with Crippen LogP contribution in [0.5, 0.6) is 0 Å². The SMILES string of the molecule is C/C(=N\O)c1ccc2c(c1)=c1ccc(/C(C)=N/O)cc1=2. The summed E-state index contributed by atoms with van der Waals surface area (Å²) in [5, 5.41) is 28.8. The monoisotopic (exact) mass is 266 g/mol. The van der Waals surface area contributed by atoms with Gasteiger partial charge in [0.25, 0.3) is 0 Å². The van der Waals surface area contributed by atoms with E-state index in [0.717, 1.165) is 21.6 Å². The summed E-state index contributed by atoms with van der Waals surface area (Å²) in [5.74, 6) is 0. The first-order valence-electron chi connectivity index (χ1n) is 6.32. The molecule has 100 valence electrons. The quantitative estimate of drug-likeness (QED) is 0.425. The Morgan fingerprint density at radius 1 is 0.700 bits per heavy atom. The number of fused-ring (bicyclic) bond motifs is 2. The van der Waals surface area contributed by atoms with Gasteiger partial charge in [-0.05, 0) is 58.0 Å². The van der Waals surface area contributed by atoms with Crippen LogP contribution >= 0.6 is 0 Å². The molecule has 0 amide bonds. The van der Waals surface area contributed by atoms with Crippen LogP contribution in [0.3, 0.4) is 0 Å². The van der Waals surface area contributed by atoms with E-state index >= 15 is 0 Å². The van der Waals surface area contributed by atoms with Gasteiger partial charge in [-0.1, -0.05) is 34.6 Å². The second kappa shape index (κ2) is 4.49. The maximum absolute atomic E-state index is 8.84. The summed E-state index contributed by atoms with van der Waals surface area (Å²) in [7, 11) is 0. The van der Waals surface area contributed by atoms with Crippen molar-refractivity contribution in [3.63, 3.8) is 0 Å². The van der Waals surface area contributed by atoms with Crippen LogP contribution in [0.25, 0.3) is 0 Å². The molecule has 0 fully saturated rings. The maximum Gasteiger partial charge on any atom is 0.0837 e. The highest BCUT2D eigenvalue weighted by molar-refractivity contribution is 5.99. The van der Waals surface area contributed by atoms with Crippen LogP contribution in [-0.4, -0.2) is 21.8 Å². The minimum atomic E-state index is 0.598. The van der Waals surface area contributed by atoms with Crippen molar-refractivity contribution in [3.8, 4) is 0 Å². The predicted octanol–water partition coefficient (Wildman–Crippen LogP) is 2.97. The molecule has 0 saturated carbocycles. The third-order valence-corrected chi connectivity index (χ3v) is 3.76. The smallest absolute Gasteiger partial charge is 0.0837 e. The number of hydrogen-bond acceptors (Lipinski definition) is 4. The Balaban J connectivity index is 2.26. The van der Waals surface area contributed by atoms with Crippen molar-refractivity contribution in [2.24, 2.45) is 10.3 Å². The van der Waals surface area contributed by atoms with Crippen molar-refractivity contribution in [1.82, 2.24) is 0 Å². The summed E-state index contributed by atoms with van der Waals surface area (Å²) in [4.78, 5) is 0. The first kappa shape index (κ1) is 12.4. The number of benzene rings is 2. The molecular weight excluding hydrogens is 252 g/mol. The molecule has 0 atom stereocenters. The highest BCUT2D eigenvalue weighted by atomic mass is 16.4. The lowest BCUT2D eigenvalue weighted by Crippen LogP contribution is -2.01. The summed E-state index contributed by atoms with van der Waals surface area (Å²) >= 11 is 0. The van der Waals surface area contributed by atoms with Crippen LogP contribution < -0.4 is 0 Å². The average Bonchev–Trinajstić information content (AvgIpc) is 2.50. The molecule has 1 aliphatic rings. The van der Waals surface area contributed by atoms with Gasteiger partial charge in [-0.15, -0.1) is 0 Å². The predicted molar refractivity (Wildman–Crippen MR) is 76.2 cm³/mol. The molecule has 0 unspecified atom stereocenters. The molecule has 4 nitrogen and oxygen atoms in total. The topological polar surface area (TPSA) is 65.2 Å². The molecule has 0 radical (unpaired) electrons. The van der Waals surface area contributed by atoms with Gasteiger partial charge in [-0.25, -0.2) is 0 Å². The second-order valence-corrected chi connectivity index (χ2v) is 4.89. The van der Waals surface area contributed by atoms with Crippen LogP contribution in [0.1, 0.15) is 25.0 Å². The van der Waals surface area contributed by atoms with Gasteiger partial charge in [0.05, 0.1) is 11.4 Å². The normalized spacial score (nSPS) is 13.5. The van der Waals surface area contributed by atoms with E-state index in [0.29, 0.717) is 11.4 Å². The van der Waals surface area contributed by atoms with Crippen molar-refractivity contribution in [3.05, 3.63) is 68.4 Å². The number of oxime groups is 2. The molecule has 4 heteroatoms. The van der Waals surface area contributed by atoms with Crippen molar-refractivity contribution < 1.29 is 10.4 Å². The molecule has 20 heavy (non-hydrogen) atoms. The third kappa shape index (κ3) is 1.69. The van der Waals surface area contributed by atoms with Crippen LogP contribution in [0.2, 0.25) is 0 Å². The molecular formula is C16H14N2O2. The van der Waals surface area contributed by atoms with Crippen molar-refractivity contribution >= 4 is 11.4 Å². The molecule has 0 saturated heterocycles. The van der Waals surface area contributed by atoms with E-state index in [1.807, 2.05) is 36.4 Å².